The minimum atomic E-state index is -0.212. The van der Waals surface area contributed by atoms with Crippen molar-refractivity contribution < 1.29 is 9.21 Å². The lowest BCUT2D eigenvalue weighted by Gasteiger charge is -2.09. The molecule has 7 heteroatoms. The van der Waals surface area contributed by atoms with Crippen LogP contribution in [0.2, 0.25) is 0 Å². The van der Waals surface area contributed by atoms with Gasteiger partial charge in [-0.05, 0) is 30.3 Å². The lowest BCUT2D eigenvalue weighted by molar-refractivity contribution is -0.116. The number of halogens is 1. The highest BCUT2D eigenvalue weighted by molar-refractivity contribution is 9.10. The Morgan fingerprint density at radius 2 is 2.33 bits per heavy atom. The van der Waals surface area contributed by atoms with Crippen LogP contribution in [0.15, 0.2) is 50.6 Å². The third-order valence-electron chi connectivity index (χ3n) is 2.66. The first-order valence-electron chi connectivity index (χ1n) is 6.08. The number of carbonyl (C=O) groups excluding carboxylic acids is 1. The molecule has 2 heterocycles. The molecule has 1 amide bonds. The maximum absolute atomic E-state index is 11.8. The Balaban J connectivity index is 1.97. The number of rotatable bonds is 3. The summed E-state index contributed by atoms with van der Waals surface area (Å²) in [5, 5.41) is 5.95. The summed E-state index contributed by atoms with van der Waals surface area (Å²) in [5.41, 5.74) is 0.831. The lowest BCUT2D eigenvalue weighted by Crippen LogP contribution is -2.22. The van der Waals surface area contributed by atoms with Crippen LogP contribution in [0.1, 0.15) is 12.7 Å². The first-order valence-corrected chi connectivity index (χ1v) is 7.69. The average Bonchev–Trinajstić information content (AvgIpc) is 3.07. The molecule has 0 aliphatic heterocycles. The van der Waals surface area contributed by atoms with Gasteiger partial charge in [0.2, 0.25) is 11.0 Å². The van der Waals surface area contributed by atoms with Gasteiger partial charge in [-0.2, -0.15) is 10.1 Å². The van der Waals surface area contributed by atoms with Crippen molar-refractivity contribution >= 4 is 54.7 Å². The molecule has 0 fully saturated rings. The number of anilines is 1. The third kappa shape index (κ3) is 3.03. The molecule has 5 nitrogen and oxygen atoms in total. The van der Waals surface area contributed by atoms with E-state index in [0.717, 1.165) is 14.7 Å². The molecule has 0 radical (unpaired) electrons. The lowest BCUT2D eigenvalue weighted by atomic mass is 10.3. The van der Waals surface area contributed by atoms with E-state index >= 15 is 0 Å². The van der Waals surface area contributed by atoms with E-state index in [2.05, 4.69) is 26.0 Å². The van der Waals surface area contributed by atoms with Crippen molar-refractivity contribution in [2.24, 2.45) is 5.10 Å². The number of hydrazone groups is 1. The van der Waals surface area contributed by atoms with Crippen molar-refractivity contribution in [2.45, 2.75) is 6.92 Å². The number of furan rings is 1. The summed E-state index contributed by atoms with van der Waals surface area (Å²) in [7, 11) is 0. The number of carbonyl (C=O) groups is 1. The first kappa shape index (κ1) is 14.0. The van der Waals surface area contributed by atoms with Gasteiger partial charge in [0.05, 0.1) is 22.7 Å². The second-order valence-electron chi connectivity index (χ2n) is 4.20. The minimum Gasteiger partial charge on any atom is -0.463 e. The highest BCUT2D eigenvalue weighted by Gasteiger charge is 2.15. The zero-order valence-electron chi connectivity index (χ0n) is 11.0. The Morgan fingerprint density at radius 3 is 3.05 bits per heavy atom. The van der Waals surface area contributed by atoms with Gasteiger partial charge in [-0.15, -0.1) is 0 Å². The predicted octanol–water partition coefficient (Wildman–Crippen LogP) is 4.04. The fourth-order valence-electron chi connectivity index (χ4n) is 1.72. The van der Waals surface area contributed by atoms with Crippen LogP contribution in [0.3, 0.4) is 0 Å². The molecule has 106 valence electrons. The number of hydrogen-bond acceptors (Lipinski definition) is 5. The third-order valence-corrected chi connectivity index (χ3v) is 4.15. The van der Waals surface area contributed by atoms with E-state index in [-0.39, 0.29) is 5.91 Å². The van der Waals surface area contributed by atoms with Crippen molar-refractivity contribution in [1.82, 2.24) is 4.98 Å². The SMILES string of the molecule is CC(=O)N(/N=C/c1ccco1)c1nc2ccc(Br)cc2s1. The van der Waals surface area contributed by atoms with Crippen LogP contribution < -0.4 is 5.01 Å². The molecule has 3 aromatic rings. The summed E-state index contributed by atoms with van der Waals surface area (Å²) < 4.78 is 7.12. The van der Waals surface area contributed by atoms with Crippen LogP contribution in [-0.4, -0.2) is 17.1 Å². The molecule has 0 bridgehead atoms. The second kappa shape index (κ2) is 5.79. The topological polar surface area (TPSA) is 58.7 Å². The zero-order valence-corrected chi connectivity index (χ0v) is 13.4. The van der Waals surface area contributed by atoms with Gasteiger partial charge in [0.25, 0.3) is 0 Å². The smallest absolute Gasteiger partial charge is 0.246 e. The maximum Gasteiger partial charge on any atom is 0.246 e. The predicted molar refractivity (Wildman–Crippen MR) is 86.8 cm³/mol. The van der Waals surface area contributed by atoms with Gasteiger partial charge in [-0.3, -0.25) is 4.79 Å². The second-order valence-corrected chi connectivity index (χ2v) is 6.12. The van der Waals surface area contributed by atoms with Gasteiger partial charge in [-0.25, -0.2) is 4.98 Å². The standard InChI is InChI=1S/C14H10BrN3O2S/c1-9(19)18(16-8-11-3-2-6-20-11)14-17-12-5-4-10(15)7-13(12)21-14/h2-8H,1H3/b16-8+. The summed E-state index contributed by atoms with van der Waals surface area (Å²) in [4.78, 5) is 16.2. The molecule has 0 unspecified atom stereocenters. The van der Waals surface area contributed by atoms with E-state index < -0.39 is 0 Å². The molecule has 0 saturated heterocycles. The van der Waals surface area contributed by atoms with Crippen molar-refractivity contribution in [2.75, 3.05) is 5.01 Å². The minimum absolute atomic E-state index is 0.212. The van der Waals surface area contributed by atoms with Gasteiger partial charge < -0.3 is 4.42 Å². The van der Waals surface area contributed by atoms with E-state index in [1.165, 1.54) is 29.5 Å². The van der Waals surface area contributed by atoms with Gasteiger partial charge in [0, 0.05) is 11.4 Å². The van der Waals surface area contributed by atoms with Gasteiger partial charge in [0.1, 0.15) is 5.76 Å². The molecule has 2 aromatic heterocycles. The van der Waals surface area contributed by atoms with Crippen LogP contribution in [0, 0.1) is 0 Å². The van der Waals surface area contributed by atoms with Crippen LogP contribution in [-0.2, 0) is 4.79 Å². The Labute approximate surface area is 133 Å². The summed E-state index contributed by atoms with van der Waals surface area (Å²) >= 11 is 4.83. The van der Waals surface area contributed by atoms with Crippen molar-refractivity contribution in [3.05, 3.63) is 46.8 Å². The van der Waals surface area contributed by atoms with Crippen molar-refractivity contribution in [3.63, 3.8) is 0 Å². The first-order chi connectivity index (χ1) is 10.1. The van der Waals surface area contributed by atoms with Crippen molar-refractivity contribution in [3.8, 4) is 0 Å². The quantitative estimate of drug-likeness (QED) is 0.521. The molecule has 0 spiro atoms. The number of benzene rings is 1. The Morgan fingerprint density at radius 1 is 1.48 bits per heavy atom. The number of aromatic nitrogens is 1. The molecule has 3 rings (SSSR count). The summed E-state index contributed by atoms with van der Waals surface area (Å²) in [6, 6.07) is 9.29. The van der Waals surface area contributed by atoms with E-state index in [9.17, 15) is 4.79 Å². The Kier molecular flexibility index (Phi) is 3.85. The Bertz CT molecular complexity index is 811. The molecule has 0 aliphatic rings. The van der Waals surface area contributed by atoms with Crippen LogP contribution in [0.4, 0.5) is 5.13 Å². The highest BCUT2D eigenvalue weighted by atomic mass is 79.9. The molecular weight excluding hydrogens is 354 g/mol. The average molecular weight is 364 g/mol. The molecule has 0 aliphatic carbocycles. The van der Waals surface area contributed by atoms with Crippen LogP contribution >= 0.6 is 27.3 Å². The molecule has 0 saturated carbocycles. The number of nitrogens with zero attached hydrogens (tertiary/aromatic N) is 3. The maximum atomic E-state index is 11.8. The zero-order chi connectivity index (χ0) is 14.8. The Hall–Kier alpha value is -1.99. The summed E-state index contributed by atoms with van der Waals surface area (Å²) in [5.74, 6) is 0.362. The fraction of sp³-hybridized carbons (Fsp3) is 0.0714. The monoisotopic (exact) mass is 363 g/mol. The summed E-state index contributed by atoms with van der Waals surface area (Å²) in [6.45, 7) is 1.45. The van der Waals surface area contributed by atoms with Gasteiger partial charge in [0.15, 0.2) is 0 Å². The summed E-state index contributed by atoms with van der Waals surface area (Å²) in [6.07, 6.45) is 3.04. The highest BCUT2D eigenvalue weighted by Crippen LogP contribution is 2.31. The largest absolute Gasteiger partial charge is 0.463 e. The van der Waals surface area contributed by atoms with Crippen molar-refractivity contribution in [1.29, 1.82) is 0 Å². The van der Waals surface area contributed by atoms with Gasteiger partial charge in [-0.1, -0.05) is 27.3 Å². The number of thiazole rings is 1. The van der Waals surface area contributed by atoms with Gasteiger partial charge >= 0.3 is 0 Å². The van der Waals surface area contributed by atoms with E-state index in [4.69, 9.17) is 4.42 Å². The molecule has 0 N–H and O–H groups in total. The normalized spacial score (nSPS) is 11.3. The molecule has 1 aromatic carbocycles. The number of amides is 1. The molecular formula is C14H10BrN3O2S. The fourth-order valence-corrected chi connectivity index (χ4v) is 3.24. The van der Waals surface area contributed by atoms with E-state index in [1.54, 1.807) is 18.4 Å². The molecule has 0 atom stereocenters. The van der Waals surface area contributed by atoms with Crippen LogP contribution in [0.5, 0.6) is 0 Å². The number of fused-ring (bicyclic) bond motifs is 1. The number of hydrogen-bond donors (Lipinski definition) is 0. The van der Waals surface area contributed by atoms with Crippen LogP contribution in [0.25, 0.3) is 10.2 Å². The van der Waals surface area contributed by atoms with E-state index in [1.807, 2.05) is 18.2 Å². The molecule has 21 heavy (non-hydrogen) atoms. The van der Waals surface area contributed by atoms with E-state index in [0.29, 0.717) is 10.9 Å².